The maximum Gasteiger partial charge on any atom is 0.317 e. The average Bonchev–Trinajstić information content (AvgIpc) is 2.59. The van der Waals surface area contributed by atoms with Crippen molar-refractivity contribution >= 4 is 11.9 Å². The molecule has 1 amide bonds. The van der Waals surface area contributed by atoms with E-state index in [1.807, 2.05) is 4.90 Å². The first-order valence-electron chi connectivity index (χ1n) is 9.23. The van der Waals surface area contributed by atoms with Gasteiger partial charge >= 0.3 is 5.97 Å². The molecule has 1 heterocycles. The van der Waals surface area contributed by atoms with Crippen LogP contribution in [0.1, 0.15) is 37.3 Å². The third kappa shape index (κ3) is 6.42. The maximum atomic E-state index is 12.5. The van der Waals surface area contributed by atoms with Crippen LogP contribution in [0.5, 0.6) is 0 Å². The molecule has 26 heavy (non-hydrogen) atoms. The number of carboxylic acid groups (broad SMARTS) is 1. The Hall–Kier alpha value is -1.92. The summed E-state index contributed by atoms with van der Waals surface area (Å²) in [5, 5.41) is 8.83. The van der Waals surface area contributed by atoms with Gasteiger partial charge in [-0.2, -0.15) is 0 Å². The van der Waals surface area contributed by atoms with E-state index in [1.54, 1.807) is 11.9 Å². The van der Waals surface area contributed by atoms with Crippen LogP contribution < -0.4 is 0 Å². The summed E-state index contributed by atoms with van der Waals surface area (Å²) in [6.45, 7) is 6.44. The Kier molecular flexibility index (Phi) is 7.60. The number of rotatable bonds is 8. The molecule has 1 atom stereocenters. The van der Waals surface area contributed by atoms with Gasteiger partial charge in [-0.1, -0.05) is 38.1 Å². The number of nitrogens with zero attached hydrogens (tertiary/aromatic N) is 2. The zero-order valence-electron chi connectivity index (χ0n) is 16.0. The largest absolute Gasteiger partial charge is 0.480 e. The predicted molar refractivity (Wildman–Crippen MR) is 100 cm³/mol. The number of aryl methyl sites for hydroxylation is 1. The average molecular weight is 362 g/mol. The van der Waals surface area contributed by atoms with Gasteiger partial charge in [-0.25, -0.2) is 0 Å². The van der Waals surface area contributed by atoms with Crippen molar-refractivity contribution in [3.63, 3.8) is 0 Å². The van der Waals surface area contributed by atoms with E-state index in [-0.39, 0.29) is 18.6 Å². The summed E-state index contributed by atoms with van der Waals surface area (Å²) in [5.74, 6) is -0.220. The molecule has 6 nitrogen and oxygen atoms in total. The topological polar surface area (TPSA) is 70.1 Å². The Morgan fingerprint density at radius 3 is 2.62 bits per heavy atom. The summed E-state index contributed by atoms with van der Waals surface area (Å²) >= 11 is 0. The minimum absolute atomic E-state index is 0.0276. The van der Waals surface area contributed by atoms with Crippen molar-refractivity contribution in [2.75, 3.05) is 39.8 Å². The molecular formula is C20H30N2O4. The molecule has 0 bridgehead atoms. The Balaban J connectivity index is 1.80. The second-order valence-electron chi connectivity index (χ2n) is 7.32. The van der Waals surface area contributed by atoms with Crippen molar-refractivity contribution < 1.29 is 19.4 Å². The lowest BCUT2D eigenvalue weighted by Crippen LogP contribution is -2.49. The number of hydrogen-bond acceptors (Lipinski definition) is 4. The zero-order chi connectivity index (χ0) is 19.1. The fourth-order valence-electron chi connectivity index (χ4n) is 3.18. The van der Waals surface area contributed by atoms with Gasteiger partial charge < -0.3 is 14.7 Å². The van der Waals surface area contributed by atoms with E-state index >= 15 is 0 Å². The monoisotopic (exact) mass is 362 g/mol. The van der Waals surface area contributed by atoms with E-state index in [4.69, 9.17) is 9.84 Å². The molecule has 144 valence electrons. The lowest BCUT2D eigenvalue weighted by molar-refractivity contribution is -0.142. The maximum absolute atomic E-state index is 12.5. The number of hydrogen-bond donors (Lipinski definition) is 1. The Morgan fingerprint density at radius 2 is 2.00 bits per heavy atom. The SMILES string of the molecule is CC(C)c1ccc(CCC(=O)N2CCOC(CN(C)CC(=O)O)C2)cc1. The van der Waals surface area contributed by atoms with E-state index in [9.17, 15) is 9.59 Å². The van der Waals surface area contributed by atoms with E-state index in [0.29, 0.717) is 38.6 Å². The second kappa shape index (κ2) is 9.69. The van der Waals surface area contributed by atoms with Crippen molar-refractivity contribution in [1.29, 1.82) is 0 Å². The van der Waals surface area contributed by atoms with Gasteiger partial charge in [0.1, 0.15) is 0 Å². The van der Waals surface area contributed by atoms with Gasteiger partial charge in [-0.05, 0) is 30.5 Å². The number of morpholine rings is 1. The first-order valence-corrected chi connectivity index (χ1v) is 9.23. The van der Waals surface area contributed by atoms with E-state index in [0.717, 1.165) is 6.42 Å². The number of carbonyl (C=O) groups excluding carboxylic acids is 1. The van der Waals surface area contributed by atoms with E-state index < -0.39 is 5.97 Å². The van der Waals surface area contributed by atoms with Crippen LogP contribution in [0.3, 0.4) is 0 Å². The van der Waals surface area contributed by atoms with Crippen LogP contribution in [0.4, 0.5) is 0 Å². The van der Waals surface area contributed by atoms with Crippen molar-refractivity contribution in [2.24, 2.45) is 0 Å². The predicted octanol–water partition coefficient (Wildman–Crippen LogP) is 1.99. The molecule has 6 heteroatoms. The van der Waals surface area contributed by atoms with E-state index in [2.05, 4.69) is 38.1 Å². The smallest absolute Gasteiger partial charge is 0.317 e. The zero-order valence-corrected chi connectivity index (χ0v) is 16.0. The molecule has 1 fully saturated rings. The molecule has 1 aromatic carbocycles. The van der Waals surface area contributed by atoms with Crippen molar-refractivity contribution in [3.8, 4) is 0 Å². The fraction of sp³-hybridized carbons (Fsp3) is 0.600. The Bertz CT molecular complexity index is 600. The molecular weight excluding hydrogens is 332 g/mol. The van der Waals surface area contributed by atoms with Crippen LogP contribution in [0, 0.1) is 0 Å². The second-order valence-corrected chi connectivity index (χ2v) is 7.32. The molecule has 0 spiro atoms. The lowest BCUT2D eigenvalue weighted by atomic mass is 10.00. The summed E-state index contributed by atoms with van der Waals surface area (Å²) in [6, 6.07) is 8.47. The number of carboxylic acids is 1. The number of aliphatic carboxylic acids is 1. The van der Waals surface area contributed by atoms with Crippen molar-refractivity contribution in [3.05, 3.63) is 35.4 Å². The van der Waals surface area contributed by atoms with Gasteiger partial charge in [0.15, 0.2) is 0 Å². The highest BCUT2D eigenvalue weighted by molar-refractivity contribution is 5.76. The first kappa shape index (κ1) is 20.4. The Labute approximate surface area is 155 Å². The quantitative estimate of drug-likeness (QED) is 0.766. The number of likely N-dealkylation sites (N-methyl/N-ethyl adjacent to an activating group) is 1. The number of carbonyl (C=O) groups is 2. The standard InChI is InChI=1S/C20H30N2O4/c1-15(2)17-7-4-16(5-8-17)6-9-19(23)22-10-11-26-18(13-22)12-21(3)14-20(24)25/h4-5,7-8,15,18H,6,9-14H2,1-3H3,(H,24,25). The minimum Gasteiger partial charge on any atom is -0.480 e. The molecule has 0 aliphatic carbocycles. The Morgan fingerprint density at radius 1 is 1.31 bits per heavy atom. The van der Waals surface area contributed by atoms with Crippen LogP contribution in [0.25, 0.3) is 0 Å². The molecule has 2 rings (SSSR count). The summed E-state index contributed by atoms with van der Waals surface area (Å²) in [7, 11) is 1.75. The highest BCUT2D eigenvalue weighted by Gasteiger charge is 2.25. The van der Waals surface area contributed by atoms with Gasteiger partial charge in [0.05, 0.1) is 19.3 Å². The van der Waals surface area contributed by atoms with Gasteiger partial charge in [0, 0.05) is 26.1 Å². The molecule has 1 aliphatic heterocycles. The molecule has 1 aromatic rings. The van der Waals surface area contributed by atoms with Crippen molar-refractivity contribution in [2.45, 2.75) is 38.7 Å². The highest BCUT2D eigenvalue weighted by atomic mass is 16.5. The summed E-state index contributed by atoms with van der Waals surface area (Å²) in [6.07, 6.45) is 1.08. The molecule has 0 radical (unpaired) electrons. The van der Waals surface area contributed by atoms with Crippen LogP contribution in [0.15, 0.2) is 24.3 Å². The number of benzene rings is 1. The first-order chi connectivity index (χ1) is 12.3. The number of ether oxygens (including phenoxy) is 1. The van der Waals surface area contributed by atoms with Gasteiger partial charge in [-0.15, -0.1) is 0 Å². The minimum atomic E-state index is -0.861. The third-order valence-corrected chi connectivity index (χ3v) is 4.69. The van der Waals surface area contributed by atoms with Crippen LogP contribution >= 0.6 is 0 Å². The van der Waals surface area contributed by atoms with Gasteiger partial charge in [-0.3, -0.25) is 14.5 Å². The molecule has 0 saturated carbocycles. The van der Waals surface area contributed by atoms with E-state index in [1.165, 1.54) is 11.1 Å². The summed E-state index contributed by atoms with van der Waals surface area (Å²) in [4.78, 5) is 26.8. The highest BCUT2D eigenvalue weighted by Crippen LogP contribution is 2.16. The molecule has 1 unspecified atom stereocenters. The summed E-state index contributed by atoms with van der Waals surface area (Å²) in [5.41, 5.74) is 2.48. The normalized spacial score (nSPS) is 17.7. The van der Waals surface area contributed by atoms with Crippen LogP contribution in [-0.4, -0.2) is 72.7 Å². The van der Waals surface area contributed by atoms with Gasteiger partial charge in [0.2, 0.25) is 5.91 Å². The van der Waals surface area contributed by atoms with Crippen LogP contribution in [-0.2, 0) is 20.7 Å². The molecule has 1 N–H and O–H groups in total. The fourth-order valence-corrected chi connectivity index (χ4v) is 3.18. The molecule has 0 aromatic heterocycles. The van der Waals surface area contributed by atoms with Crippen LogP contribution in [0.2, 0.25) is 0 Å². The van der Waals surface area contributed by atoms with Crippen molar-refractivity contribution in [1.82, 2.24) is 9.80 Å². The third-order valence-electron chi connectivity index (χ3n) is 4.69. The molecule has 1 saturated heterocycles. The molecule has 1 aliphatic rings. The van der Waals surface area contributed by atoms with Gasteiger partial charge in [0.25, 0.3) is 0 Å². The lowest BCUT2D eigenvalue weighted by Gasteiger charge is -2.34. The number of amides is 1. The summed E-state index contributed by atoms with van der Waals surface area (Å²) < 4.78 is 5.68.